The fraction of sp³-hybridized carbons (Fsp3) is 0.650. The van der Waals surface area contributed by atoms with E-state index in [9.17, 15) is 4.79 Å². The Morgan fingerprint density at radius 1 is 1.28 bits per heavy atom. The lowest BCUT2D eigenvalue weighted by atomic mass is 9.91. The van der Waals surface area contributed by atoms with Crippen LogP contribution in [0.2, 0.25) is 0 Å². The van der Waals surface area contributed by atoms with Crippen molar-refractivity contribution in [3.05, 3.63) is 29.3 Å². The van der Waals surface area contributed by atoms with Crippen molar-refractivity contribution >= 4 is 5.91 Å². The number of ether oxygens (including phenoxy) is 2. The van der Waals surface area contributed by atoms with Crippen LogP contribution < -0.4 is 10.1 Å². The summed E-state index contributed by atoms with van der Waals surface area (Å²) in [6.07, 6.45) is 5.12. The molecule has 0 spiro atoms. The Kier molecular flexibility index (Phi) is 6.70. The Morgan fingerprint density at radius 2 is 2.08 bits per heavy atom. The van der Waals surface area contributed by atoms with Crippen LogP contribution in [-0.4, -0.2) is 56.3 Å². The zero-order chi connectivity index (χ0) is 17.5. The average molecular weight is 346 g/mol. The Labute approximate surface area is 150 Å². The van der Waals surface area contributed by atoms with Crippen molar-refractivity contribution in [2.45, 2.75) is 45.1 Å². The van der Waals surface area contributed by atoms with Gasteiger partial charge in [0.05, 0.1) is 13.2 Å². The van der Waals surface area contributed by atoms with Crippen LogP contribution in [0.15, 0.2) is 18.2 Å². The normalized spacial score (nSPS) is 19.1. The Bertz CT molecular complexity index is 570. The maximum Gasteiger partial charge on any atom is 0.260 e. The predicted octanol–water partition coefficient (Wildman–Crippen LogP) is 2.17. The molecule has 1 N–H and O–H groups in total. The van der Waals surface area contributed by atoms with E-state index in [4.69, 9.17) is 9.47 Å². The second-order valence-electron chi connectivity index (χ2n) is 6.96. The van der Waals surface area contributed by atoms with Gasteiger partial charge < -0.3 is 14.8 Å². The molecule has 3 rings (SSSR count). The first-order valence-corrected chi connectivity index (χ1v) is 9.59. The van der Waals surface area contributed by atoms with Gasteiger partial charge in [-0.05, 0) is 62.8 Å². The second kappa shape index (κ2) is 9.20. The minimum Gasteiger partial charge on any atom is -0.481 e. The third kappa shape index (κ3) is 5.19. The number of carbonyl (C=O) groups is 1. The maximum absolute atomic E-state index is 12.3. The molecule has 1 aliphatic heterocycles. The molecule has 5 nitrogen and oxygen atoms in total. The topological polar surface area (TPSA) is 50.8 Å². The number of morpholine rings is 1. The molecular formula is C20H30N2O3. The highest BCUT2D eigenvalue weighted by Crippen LogP contribution is 2.30. The summed E-state index contributed by atoms with van der Waals surface area (Å²) < 4.78 is 11.3. The molecule has 0 aromatic heterocycles. The highest BCUT2D eigenvalue weighted by molar-refractivity contribution is 5.80. The summed E-state index contributed by atoms with van der Waals surface area (Å²) in [5, 5.41) is 3.00. The van der Waals surface area contributed by atoms with Crippen molar-refractivity contribution < 1.29 is 14.3 Å². The Morgan fingerprint density at radius 3 is 2.92 bits per heavy atom. The molecule has 1 heterocycles. The van der Waals surface area contributed by atoms with Gasteiger partial charge in [-0.2, -0.15) is 0 Å². The van der Waals surface area contributed by atoms with E-state index in [0.717, 1.165) is 57.9 Å². The number of carbonyl (C=O) groups excluding carboxylic acids is 1. The molecule has 0 bridgehead atoms. The van der Waals surface area contributed by atoms with Crippen LogP contribution in [0.4, 0.5) is 0 Å². The lowest BCUT2D eigenvalue weighted by molar-refractivity contribution is -0.127. The van der Waals surface area contributed by atoms with E-state index in [1.54, 1.807) is 0 Å². The summed E-state index contributed by atoms with van der Waals surface area (Å²) >= 11 is 0. The van der Waals surface area contributed by atoms with Crippen molar-refractivity contribution in [3.8, 4) is 5.75 Å². The molecule has 1 aromatic carbocycles. The summed E-state index contributed by atoms with van der Waals surface area (Å²) in [6.45, 7) is 7.15. The van der Waals surface area contributed by atoms with Gasteiger partial charge in [0.15, 0.2) is 6.10 Å². The van der Waals surface area contributed by atoms with Crippen LogP contribution in [0.1, 0.15) is 37.3 Å². The highest BCUT2D eigenvalue weighted by Gasteiger charge is 2.19. The third-order valence-electron chi connectivity index (χ3n) is 5.08. The number of amides is 1. The van der Waals surface area contributed by atoms with Gasteiger partial charge in [-0.15, -0.1) is 0 Å². The molecule has 1 amide bonds. The van der Waals surface area contributed by atoms with E-state index in [2.05, 4.69) is 16.3 Å². The van der Waals surface area contributed by atoms with Gasteiger partial charge in [0.25, 0.3) is 5.91 Å². The fourth-order valence-electron chi connectivity index (χ4n) is 3.58. The van der Waals surface area contributed by atoms with Crippen molar-refractivity contribution in [1.29, 1.82) is 0 Å². The number of nitrogens with one attached hydrogen (secondary N) is 1. The van der Waals surface area contributed by atoms with E-state index >= 15 is 0 Å². The number of nitrogens with zero attached hydrogens (tertiary/aromatic N) is 1. The number of benzene rings is 1. The fourth-order valence-corrected chi connectivity index (χ4v) is 3.58. The molecule has 0 unspecified atom stereocenters. The number of hydrogen-bond donors (Lipinski definition) is 1. The number of fused-ring (bicyclic) bond motifs is 1. The first-order chi connectivity index (χ1) is 12.2. The molecule has 1 saturated heterocycles. The van der Waals surface area contributed by atoms with Gasteiger partial charge in [-0.1, -0.05) is 12.1 Å². The van der Waals surface area contributed by atoms with Gasteiger partial charge in [0.1, 0.15) is 5.75 Å². The number of hydrogen-bond acceptors (Lipinski definition) is 4. The minimum absolute atomic E-state index is 0.0320. The van der Waals surface area contributed by atoms with Gasteiger partial charge in [-0.25, -0.2) is 0 Å². The van der Waals surface area contributed by atoms with Crippen LogP contribution in [0.3, 0.4) is 0 Å². The zero-order valence-corrected chi connectivity index (χ0v) is 15.3. The summed E-state index contributed by atoms with van der Waals surface area (Å²) in [4.78, 5) is 14.7. The van der Waals surface area contributed by atoms with E-state index in [-0.39, 0.29) is 5.91 Å². The number of rotatable bonds is 7. The lowest BCUT2D eigenvalue weighted by Gasteiger charge is -2.26. The zero-order valence-electron chi connectivity index (χ0n) is 15.3. The van der Waals surface area contributed by atoms with E-state index in [0.29, 0.717) is 6.54 Å². The average Bonchev–Trinajstić information content (AvgIpc) is 2.66. The molecule has 1 aromatic rings. The van der Waals surface area contributed by atoms with E-state index < -0.39 is 6.10 Å². The van der Waals surface area contributed by atoms with Gasteiger partial charge in [0, 0.05) is 19.6 Å². The van der Waals surface area contributed by atoms with Gasteiger partial charge in [0.2, 0.25) is 0 Å². The summed E-state index contributed by atoms with van der Waals surface area (Å²) in [5.74, 6) is 0.851. The smallest absolute Gasteiger partial charge is 0.260 e. The lowest BCUT2D eigenvalue weighted by Crippen LogP contribution is -2.40. The molecular weight excluding hydrogens is 316 g/mol. The van der Waals surface area contributed by atoms with Crippen molar-refractivity contribution in [2.24, 2.45) is 0 Å². The molecule has 25 heavy (non-hydrogen) atoms. The van der Waals surface area contributed by atoms with Crippen LogP contribution >= 0.6 is 0 Å². The van der Waals surface area contributed by atoms with Crippen LogP contribution in [0.5, 0.6) is 5.75 Å². The molecule has 5 heteroatoms. The van der Waals surface area contributed by atoms with Crippen molar-refractivity contribution in [1.82, 2.24) is 10.2 Å². The van der Waals surface area contributed by atoms with Crippen molar-refractivity contribution in [2.75, 3.05) is 39.4 Å². The first kappa shape index (κ1) is 18.2. The molecule has 1 atom stereocenters. The predicted molar refractivity (Wildman–Crippen MR) is 98.1 cm³/mol. The largest absolute Gasteiger partial charge is 0.481 e. The minimum atomic E-state index is -0.461. The first-order valence-electron chi connectivity index (χ1n) is 9.59. The molecule has 0 radical (unpaired) electrons. The van der Waals surface area contributed by atoms with Crippen molar-refractivity contribution in [3.63, 3.8) is 0 Å². The molecule has 138 valence electrons. The number of aryl methyl sites for hydroxylation is 1. The SMILES string of the molecule is C[C@@H](Oc1cccc2c1CCCC2)C(=O)NCCCN1CCOCC1. The maximum atomic E-state index is 12.3. The second-order valence-corrected chi connectivity index (χ2v) is 6.96. The van der Waals surface area contributed by atoms with Gasteiger partial charge >= 0.3 is 0 Å². The molecule has 2 aliphatic rings. The molecule has 1 aliphatic carbocycles. The third-order valence-corrected chi connectivity index (χ3v) is 5.08. The van der Waals surface area contributed by atoms with Crippen LogP contribution in [0.25, 0.3) is 0 Å². The van der Waals surface area contributed by atoms with E-state index in [1.165, 1.54) is 24.0 Å². The molecule has 0 saturated carbocycles. The van der Waals surface area contributed by atoms with Gasteiger partial charge in [-0.3, -0.25) is 9.69 Å². The Hall–Kier alpha value is -1.59. The summed E-state index contributed by atoms with van der Waals surface area (Å²) in [7, 11) is 0. The summed E-state index contributed by atoms with van der Waals surface area (Å²) in [6, 6.07) is 6.20. The molecule has 1 fully saturated rings. The quantitative estimate of drug-likeness (QED) is 0.769. The van der Waals surface area contributed by atoms with Crippen LogP contribution in [0, 0.1) is 0 Å². The van der Waals surface area contributed by atoms with E-state index in [1.807, 2.05) is 19.1 Å². The highest BCUT2D eigenvalue weighted by atomic mass is 16.5. The monoisotopic (exact) mass is 346 g/mol. The Balaban J connectivity index is 1.42. The summed E-state index contributed by atoms with van der Waals surface area (Å²) in [5.41, 5.74) is 2.67. The van der Waals surface area contributed by atoms with Crippen LogP contribution in [-0.2, 0) is 22.4 Å². The standard InChI is InChI=1S/C20H30N2O3/c1-16(20(23)21-10-5-11-22-12-14-24-15-13-22)25-19-9-4-7-17-6-2-3-8-18(17)19/h4,7,9,16H,2-3,5-6,8,10-15H2,1H3,(H,21,23)/t16-/m1/s1.